The number of nitrogens with zero attached hydrogens (tertiary/aromatic N) is 5. The molecule has 2 atom stereocenters. The van der Waals surface area contributed by atoms with Gasteiger partial charge in [0.2, 0.25) is 0 Å². The Bertz CT molecular complexity index is 1890. The van der Waals surface area contributed by atoms with Gasteiger partial charge < -0.3 is 19.5 Å². The maximum absolute atomic E-state index is 13.6. The summed E-state index contributed by atoms with van der Waals surface area (Å²) in [5, 5.41) is 12.6. The second kappa shape index (κ2) is 13.8. The van der Waals surface area contributed by atoms with Gasteiger partial charge in [0.1, 0.15) is 17.1 Å². The number of carbonyl (C=O) groups excluding carboxylic acids is 2. The Hall–Kier alpha value is -3.90. The maximum atomic E-state index is 13.6. The van der Waals surface area contributed by atoms with Crippen LogP contribution in [0.25, 0.3) is 16.7 Å². The lowest BCUT2D eigenvalue weighted by atomic mass is 9.91. The molecule has 49 heavy (non-hydrogen) atoms. The number of fused-ring (bicyclic) bond motifs is 1. The van der Waals surface area contributed by atoms with Crippen molar-refractivity contribution < 1.29 is 24.2 Å². The number of piperidine rings is 1. The van der Waals surface area contributed by atoms with Gasteiger partial charge in [-0.25, -0.2) is 9.78 Å². The number of halogens is 2. The van der Waals surface area contributed by atoms with Crippen LogP contribution in [0.2, 0.25) is 10.2 Å². The Morgan fingerprint density at radius 1 is 1.06 bits per heavy atom. The van der Waals surface area contributed by atoms with Gasteiger partial charge in [-0.1, -0.05) is 42.3 Å². The molecule has 0 unspecified atom stereocenters. The number of amides is 2. The van der Waals surface area contributed by atoms with Crippen LogP contribution in [0.4, 0.5) is 4.79 Å². The summed E-state index contributed by atoms with van der Waals surface area (Å²) in [7, 11) is 0. The zero-order valence-corrected chi connectivity index (χ0v) is 29.6. The van der Waals surface area contributed by atoms with Crippen LogP contribution in [-0.4, -0.2) is 84.6 Å². The van der Waals surface area contributed by atoms with Crippen molar-refractivity contribution in [1.29, 1.82) is 0 Å². The van der Waals surface area contributed by atoms with E-state index in [0.29, 0.717) is 71.5 Å². The fourth-order valence-corrected chi connectivity index (χ4v) is 6.84. The number of aromatic nitrogens is 3. The van der Waals surface area contributed by atoms with Gasteiger partial charge in [-0.2, -0.15) is 0 Å². The van der Waals surface area contributed by atoms with Crippen molar-refractivity contribution in [3.8, 4) is 5.69 Å². The highest BCUT2D eigenvalue weighted by atomic mass is 35.5. The van der Waals surface area contributed by atoms with Crippen molar-refractivity contribution in [1.82, 2.24) is 23.9 Å². The summed E-state index contributed by atoms with van der Waals surface area (Å²) in [5.74, 6) is -0.124. The predicted molar refractivity (Wildman–Crippen MR) is 188 cm³/mol. The van der Waals surface area contributed by atoms with Crippen LogP contribution in [-0.2, 0) is 16.0 Å². The van der Waals surface area contributed by atoms with Gasteiger partial charge in [0.15, 0.2) is 5.65 Å². The van der Waals surface area contributed by atoms with Gasteiger partial charge in [-0.05, 0) is 88.1 Å². The van der Waals surface area contributed by atoms with Crippen molar-refractivity contribution in [3.05, 3.63) is 92.6 Å². The van der Waals surface area contributed by atoms with Crippen LogP contribution >= 0.6 is 23.2 Å². The molecule has 0 bridgehead atoms. The Morgan fingerprint density at radius 2 is 1.73 bits per heavy atom. The van der Waals surface area contributed by atoms with E-state index in [9.17, 15) is 19.5 Å². The Kier molecular flexibility index (Phi) is 9.83. The fraction of sp³-hybridized carbons (Fsp3) is 0.444. The number of ether oxygens (including phenoxy) is 2. The summed E-state index contributed by atoms with van der Waals surface area (Å²) < 4.78 is 14.9. The van der Waals surface area contributed by atoms with Gasteiger partial charge in [0.05, 0.1) is 42.8 Å². The van der Waals surface area contributed by atoms with Crippen LogP contribution in [0.1, 0.15) is 68.9 Å². The Balaban J connectivity index is 1.18. The predicted octanol–water partition coefficient (Wildman–Crippen LogP) is 6.25. The molecule has 2 fully saturated rings. The summed E-state index contributed by atoms with van der Waals surface area (Å²) in [4.78, 5) is 47.8. The highest BCUT2D eigenvalue weighted by Crippen LogP contribution is 2.32. The lowest BCUT2D eigenvalue weighted by Gasteiger charge is -2.40. The molecule has 2 aliphatic heterocycles. The SMILES string of the molecule is CC[C@H]1CN(C(=O)OC(C)(C)C)[C@H](c2ccc(-n3c(Cl)cc4c(=O)n(CC5(O)CCN(C(=O)c6ccc(Cl)cc6)CC5)cnc43)cc2)CO1. The van der Waals surface area contributed by atoms with Crippen molar-refractivity contribution >= 4 is 46.2 Å². The molecule has 0 aliphatic carbocycles. The van der Waals surface area contributed by atoms with E-state index in [4.69, 9.17) is 32.7 Å². The largest absolute Gasteiger partial charge is 0.444 e. The number of hydrogen-bond donors (Lipinski definition) is 1. The lowest BCUT2D eigenvalue weighted by molar-refractivity contribution is -0.0716. The third-order valence-electron chi connectivity index (χ3n) is 9.16. The van der Waals surface area contributed by atoms with E-state index in [1.807, 2.05) is 52.0 Å². The number of rotatable bonds is 6. The molecule has 260 valence electrons. The standard InChI is InChI=1S/C36H41Cl2N5O6/c1-5-27-19-42(34(46)49-35(2,3)4)29(20-48-27)23-8-12-26(13-9-23)43-30(38)18-28-31(43)39-22-41(33(28)45)21-36(47)14-16-40(17-15-36)32(44)24-6-10-25(37)11-7-24/h6-13,18,22,27,29,47H,5,14-17,19-21H2,1-4H3/t27-,29-/m0/s1. The highest BCUT2D eigenvalue weighted by Gasteiger charge is 2.37. The topological polar surface area (TPSA) is 119 Å². The molecule has 0 spiro atoms. The number of benzene rings is 2. The molecule has 4 heterocycles. The number of hydrogen-bond acceptors (Lipinski definition) is 7. The van der Waals surface area contributed by atoms with Gasteiger partial charge in [0, 0.05) is 29.4 Å². The van der Waals surface area contributed by atoms with Crippen LogP contribution in [0.15, 0.2) is 65.7 Å². The van der Waals surface area contributed by atoms with E-state index in [1.54, 1.807) is 44.7 Å². The Morgan fingerprint density at radius 3 is 2.37 bits per heavy atom. The minimum absolute atomic E-state index is 0.0335. The van der Waals surface area contributed by atoms with Crippen LogP contribution in [0.3, 0.4) is 0 Å². The van der Waals surface area contributed by atoms with Crippen molar-refractivity contribution in [3.63, 3.8) is 0 Å². The van der Waals surface area contributed by atoms with Crippen LogP contribution in [0, 0.1) is 0 Å². The zero-order chi connectivity index (χ0) is 35.1. The number of aliphatic hydroxyl groups is 1. The minimum atomic E-state index is -1.19. The Labute approximate surface area is 294 Å². The second-order valence-corrected chi connectivity index (χ2v) is 14.7. The fourth-order valence-electron chi connectivity index (χ4n) is 6.43. The average Bonchev–Trinajstić information content (AvgIpc) is 3.42. The van der Waals surface area contributed by atoms with Crippen molar-refractivity contribution in [2.75, 3.05) is 26.2 Å². The van der Waals surface area contributed by atoms with Crippen molar-refractivity contribution in [2.24, 2.45) is 0 Å². The number of carbonyl (C=O) groups is 2. The smallest absolute Gasteiger partial charge is 0.410 e. The van der Waals surface area contributed by atoms with Crippen LogP contribution < -0.4 is 5.56 Å². The van der Waals surface area contributed by atoms with E-state index in [-0.39, 0.29) is 36.3 Å². The molecule has 11 nitrogen and oxygen atoms in total. The van der Waals surface area contributed by atoms with E-state index in [2.05, 4.69) is 4.98 Å². The van der Waals surface area contributed by atoms with E-state index >= 15 is 0 Å². The molecule has 1 N–H and O–H groups in total. The second-order valence-electron chi connectivity index (χ2n) is 13.8. The molecule has 2 aliphatic rings. The highest BCUT2D eigenvalue weighted by molar-refractivity contribution is 6.31. The maximum Gasteiger partial charge on any atom is 0.410 e. The van der Waals surface area contributed by atoms with Crippen LogP contribution in [0.5, 0.6) is 0 Å². The molecule has 13 heteroatoms. The van der Waals surface area contributed by atoms with E-state index in [1.165, 1.54) is 10.9 Å². The summed E-state index contributed by atoms with van der Waals surface area (Å²) in [5.41, 5.74) is 0.346. The summed E-state index contributed by atoms with van der Waals surface area (Å²) >= 11 is 12.6. The quantitative estimate of drug-likeness (QED) is 0.252. The molecular weight excluding hydrogens is 669 g/mol. The molecule has 2 aromatic carbocycles. The minimum Gasteiger partial charge on any atom is -0.444 e. The van der Waals surface area contributed by atoms with Gasteiger partial charge in [-0.3, -0.25) is 23.6 Å². The summed E-state index contributed by atoms with van der Waals surface area (Å²) in [6, 6.07) is 15.5. The molecular formula is C36H41Cl2N5O6. The molecule has 2 amide bonds. The number of morpholine rings is 1. The molecule has 2 aromatic heterocycles. The summed E-state index contributed by atoms with van der Waals surface area (Å²) in [6.45, 7) is 9.07. The molecule has 6 rings (SSSR count). The third kappa shape index (κ3) is 7.50. The van der Waals surface area contributed by atoms with Gasteiger partial charge >= 0.3 is 6.09 Å². The third-order valence-corrected chi connectivity index (χ3v) is 9.69. The zero-order valence-electron chi connectivity index (χ0n) is 28.1. The van der Waals surface area contributed by atoms with Crippen molar-refractivity contribution in [2.45, 2.75) is 76.9 Å². The lowest BCUT2D eigenvalue weighted by Crippen LogP contribution is -2.49. The molecule has 4 aromatic rings. The molecule has 2 saturated heterocycles. The molecule has 0 saturated carbocycles. The van der Waals surface area contributed by atoms with Gasteiger partial charge in [-0.15, -0.1) is 0 Å². The first-order chi connectivity index (χ1) is 23.2. The average molecular weight is 711 g/mol. The first-order valence-electron chi connectivity index (χ1n) is 16.5. The normalized spacial score (nSPS) is 19.7. The van der Waals surface area contributed by atoms with E-state index < -0.39 is 11.2 Å². The molecule has 0 radical (unpaired) electrons. The first-order valence-corrected chi connectivity index (χ1v) is 17.3. The van der Waals surface area contributed by atoms with E-state index in [0.717, 1.165) is 12.0 Å². The summed E-state index contributed by atoms with van der Waals surface area (Å²) in [6.07, 6.45) is 2.37. The first kappa shape index (κ1) is 34.9. The monoisotopic (exact) mass is 709 g/mol. The number of likely N-dealkylation sites (tertiary alicyclic amines) is 1. The van der Waals surface area contributed by atoms with Gasteiger partial charge in [0.25, 0.3) is 11.5 Å².